The third-order valence-corrected chi connectivity index (χ3v) is 3.55. The molecule has 104 valence electrons. The van der Waals surface area contributed by atoms with Gasteiger partial charge in [-0.15, -0.1) is 0 Å². The van der Waals surface area contributed by atoms with Crippen LogP contribution in [0.15, 0.2) is 18.2 Å². The van der Waals surface area contributed by atoms with Gasteiger partial charge in [0, 0.05) is 12.6 Å². The van der Waals surface area contributed by atoms with Gasteiger partial charge < -0.3 is 14.7 Å². The highest BCUT2D eigenvalue weighted by Crippen LogP contribution is 2.37. The SMILES string of the molecule is COc1ccc(N(CCO)C2CCC2)c([N+](=O)[O-])c1. The summed E-state index contributed by atoms with van der Waals surface area (Å²) in [4.78, 5) is 12.7. The lowest BCUT2D eigenvalue weighted by Gasteiger charge is -2.38. The molecule has 1 fully saturated rings. The number of nitro benzene ring substituents is 1. The minimum Gasteiger partial charge on any atom is -0.496 e. The molecule has 6 nitrogen and oxygen atoms in total. The molecule has 1 aliphatic carbocycles. The molecule has 1 aliphatic rings. The maximum absolute atomic E-state index is 11.2. The van der Waals surface area contributed by atoms with Crippen LogP contribution < -0.4 is 9.64 Å². The van der Waals surface area contributed by atoms with E-state index in [1.807, 2.05) is 4.90 Å². The molecule has 1 aromatic rings. The van der Waals surface area contributed by atoms with E-state index in [1.54, 1.807) is 12.1 Å². The number of hydrogen-bond acceptors (Lipinski definition) is 5. The van der Waals surface area contributed by atoms with Crippen LogP contribution in [0.3, 0.4) is 0 Å². The zero-order valence-electron chi connectivity index (χ0n) is 10.9. The predicted molar refractivity (Wildman–Crippen MR) is 71.7 cm³/mol. The van der Waals surface area contributed by atoms with Crippen molar-refractivity contribution in [3.63, 3.8) is 0 Å². The topological polar surface area (TPSA) is 75.8 Å². The Labute approximate surface area is 111 Å². The van der Waals surface area contributed by atoms with Crippen LogP contribution >= 0.6 is 0 Å². The Hall–Kier alpha value is -1.82. The lowest BCUT2D eigenvalue weighted by molar-refractivity contribution is -0.384. The van der Waals surface area contributed by atoms with Gasteiger partial charge in [0.25, 0.3) is 5.69 Å². The summed E-state index contributed by atoms with van der Waals surface area (Å²) in [5.41, 5.74) is 0.587. The Bertz CT molecular complexity index is 460. The molecule has 1 saturated carbocycles. The smallest absolute Gasteiger partial charge is 0.296 e. The van der Waals surface area contributed by atoms with Gasteiger partial charge in [0.05, 0.1) is 24.7 Å². The molecule has 1 N–H and O–H groups in total. The summed E-state index contributed by atoms with van der Waals surface area (Å²) in [5.74, 6) is 0.466. The van der Waals surface area contributed by atoms with E-state index in [-0.39, 0.29) is 12.3 Å². The number of aliphatic hydroxyl groups excluding tert-OH is 1. The number of rotatable bonds is 6. The van der Waals surface area contributed by atoms with E-state index in [0.717, 1.165) is 19.3 Å². The van der Waals surface area contributed by atoms with Crippen LogP contribution in [0.1, 0.15) is 19.3 Å². The van der Waals surface area contributed by atoms with Gasteiger partial charge >= 0.3 is 0 Å². The highest BCUT2D eigenvalue weighted by molar-refractivity contribution is 5.66. The van der Waals surface area contributed by atoms with Gasteiger partial charge in [-0.2, -0.15) is 0 Å². The van der Waals surface area contributed by atoms with E-state index < -0.39 is 4.92 Å². The fourth-order valence-corrected chi connectivity index (χ4v) is 2.33. The Balaban J connectivity index is 2.36. The van der Waals surface area contributed by atoms with Gasteiger partial charge in [-0.1, -0.05) is 0 Å². The molecule has 0 bridgehead atoms. The number of ether oxygens (including phenoxy) is 1. The molecule has 0 aliphatic heterocycles. The van der Waals surface area contributed by atoms with Crippen LogP contribution in [0.25, 0.3) is 0 Å². The van der Waals surface area contributed by atoms with Crippen molar-refractivity contribution >= 4 is 11.4 Å². The quantitative estimate of drug-likeness (QED) is 0.629. The monoisotopic (exact) mass is 266 g/mol. The molecule has 0 saturated heterocycles. The van der Waals surface area contributed by atoms with Crippen molar-refractivity contribution in [2.75, 3.05) is 25.2 Å². The second kappa shape index (κ2) is 5.88. The van der Waals surface area contributed by atoms with Crippen molar-refractivity contribution < 1.29 is 14.8 Å². The number of aliphatic hydroxyl groups is 1. The van der Waals surface area contributed by atoms with Gasteiger partial charge in [-0.25, -0.2) is 0 Å². The molecule has 1 aromatic carbocycles. The second-order valence-corrected chi connectivity index (χ2v) is 4.61. The molecule has 0 heterocycles. The summed E-state index contributed by atoms with van der Waals surface area (Å²) >= 11 is 0. The Kier molecular flexibility index (Phi) is 4.21. The first-order valence-electron chi connectivity index (χ1n) is 6.37. The Morgan fingerprint density at radius 3 is 2.74 bits per heavy atom. The molecule has 0 radical (unpaired) electrons. The zero-order valence-corrected chi connectivity index (χ0v) is 10.9. The fourth-order valence-electron chi connectivity index (χ4n) is 2.33. The first-order chi connectivity index (χ1) is 9.17. The lowest BCUT2D eigenvalue weighted by Crippen LogP contribution is -2.42. The summed E-state index contributed by atoms with van der Waals surface area (Å²) in [6.45, 7) is 0.400. The Morgan fingerprint density at radius 1 is 1.53 bits per heavy atom. The predicted octanol–water partition coefficient (Wildman–Crippen LogP) is 1.95. The summed E-state index contributed by atoms with van der Waals surface area (Å²) in [6.07, 6.45) is 3.17. The van der Waals surface area contributed by atoms with Crippen LogP contribution in [0.2, 0.25) is 0 Å². The summed E-state index contributed by atoms with van der Waals surface area (Å²) < 4.78 is 5.03. The van der Waals surface area contributed by atoms with Crippen LogP contribution in [0, 0.1) is 10.1 Å². The molecule has 6 heteroatoms. The summed E-state index contributed by atoms with van der Waals surface area (Å²) in [5, 5.41) is 20.3. The second-order valence-electron chi connectivity index (χ2n) is 4.61. The average Bonchev–Trinajstić information content (AvgIpc) is 2.35. The van der Waals surface area contributed by atoms with Gasteiger partial charge in [-0.05, 0) is 31.4 Å². The number of anilines is 1. The van der Waals surface area contributed by atoms with Crippen molar-refractivity contribution in [1.29, 1.82) is 0 Å². The van der Waals surface area contributed by atoms with Gasteiger partial charge in [0.1, 0.15) is 11.4 Å². The van der Waals surface area contributed by atoms with Crippen LogP contribution in [-0.4, -0.2) is 36.3 Å². The van der Waals surface area contributed by atoms with Gasteiger partial charge in [-0.3, -0.25) is 10.1 Å². The normalized spacial score (nSPS) is 14.8. The van der Waals surface area contributed by atoms with E-state index in [1.165, 1.54) is 13.2 Å². The van der Waals surface area contributed by atoms with E-state index >= 15 is 0 Å². The minimum absolute atomic E-state index is 0.0142. The third-order valence-electron chi connectivity index (χ3n) is 3.55. The van der Waals surface area contributed by atoms with Crippen molar-refractivity contribution in [2.24, 2.45) is 0 Å². The van der Waals surface area contributed by atoms with E-state index in [2.05, 4.69) is 0 Å². The summed E-state index contributed by atoms with van der Waals surface area (Å²) in [7, 11) is 1.48. The molecule has 0 unspecified atom stereocenters. The number of benzene rings is 1. The average molecular weight is 266 g/mol. The number of hydrogen-bond donors (Lipinski definition) is 1. The number of methoxy groups -OCH3 is 1. The van der Waals surface area contributed by atoms with Crippen LogP contribution in [0.5, 0.6) is 5.75 Å². The summed E-state index contributed by atoms with van der Waals surface area (Å²) in [6, 6.07) is 5.13. The van der Waals surface area contributed by atoms with Gasteiger partial charge in [0.2, 0.25) is 0 Å². The maximum atomic E-state index is 11.2. The zero-order chi connectivity index (χ0) is 13.8. The highest BCUT2D eigenvalue weighted by atomic mass is 16.6. The van der Waals surface area contributed by atoms with E-state index in [0.29, 0.717) is 24.0 Å². The van der Waals surface area contributed by atoms with Crippen molar-refractivity contribution in [1.82, 2.24) is 0 Å². The van der Waals surface area contributed by atoms with Crippen molar-refractivity contribution in [3.05, 3.63) is 28.3 Å². The molecule has 0 aromatic heterocycles. The Morgan fingerprint density at radius 2 is 2.26 bits per heavy atom. The lowest BCUT2D eigenvalue weighted by atomic mass is 9.91. The third kappa shape index (κ3) is 2.78. The van der Waals surface area contributed by atoms with Crippen LogP contribution in [0.4, 0.5) is 11.4 Å². The number of nitrogens with zero attached hydrogens (tertiary/aromatic N) is 2. The van der Waals surface area contributed by atoms with E-state index in [9.17, 15) is 10.1 Å². The highest BCUT2D eigenvalue weighted by Gasteiger charge is 2.29. The molecule has 2 rings (SSSR count). The molecule has 0 spiro atoms. The molecular formula is C13H18N2O4. The largest absolute Gasteiger partial charge is 0.496 e. The van der Waals surface area contributed by atoms with E-state index in [4.69, 9.17) is 9.84 Å². The fraction of sp³-hybridized carbons (Fsp3) is 0.538. The van der Waals surface area contributed by atoms with Gasteiger partial charge in [0.15, 0.2) is 0 Å². The maximum Gasteiger partial charge on any atom is 0.296 e. The standard InChI is InChI=1S/C13H18N2O4/c1-19-11-5-6-12(13(9-11)15(17)18)14(7-8-16)10-3-2-4-10/h5-6,9-10,16H,2-4,7-8H2,1H3. The minimum atomic E-state index is -0.402. The first-order valence-corrected chi connectivity index (χ1v) is 6.37. The van der Waals surface area contributed by atoms with Crippen LogP contribution in [-0.2, 0) is 0 Å². The van der Waals surface area contributed by atoms with Crippen molar-refractivity contribution in [2.45, 2.75) is 25.3 Å². The van der Waals surface area contributed by atoms with Crippen molar-refractivity contribution in [3.8, 4) is 5.75 Å². The molecule has 0 atom stereocenters. The number of nitro groups is 1. The molecular weight excluding hydrogens is 248 g/mol. The molecule has 0 amide bonds. The first kappa shape index (κ1) is 13.6. The molecule has 19 heavy (non-hydrogen) atoms.